The summed E-state index contributed by atoms with van der Waals surface area (Å²) in [6, 6.07) is 5.41. The second kappa shape index (κ2) is 7.71. The number of pyridine rings is 2. The van der Waals surface area contributed by atoms with E-state index in [0.717, 1.165) is 29.6 Å². The maximum absolute atomic E-state index is 7.53. The van der Waals surface area contributed by atoms with Crippen LogP contribution in [0.15, 0.2) is 30.6 Å². The lowest BCUT2D eigenvalue weighted by atomic mass is 10.1. The lowest BCUT2D eigenvalue weighted by Crippen LogP contribution is -2.10. The van der Waals surface area contributed by atoms with Crippen molar-refractivity contribution in [3.05, 3.63) is 41.3 Å². The van der Waals surface area contributed by atoms with Gasteiger partial charge in [0.25, 0.3) is 0 Å². The molecule has 0 aliphatic heterocycles. The van der Waals surface area contributed by atoms with E-state index in [4.69, 9.17) is 21.7 Å². The van der Waals surface area contributed by atoms with Gasteiger partial charge in [-0.15, -0.1) is 0 Å². The summed E-state index contributed by atoms with van der Waals surface area (Å²) in [6.45, 7) is 1.50. The molecule has 0 aromatic carbocycles. The van der Waals surface area contributed by atoms with E-state index < -0.39 is 0 Å². The lowest BCUT2D eigenvalue weighted by Gasteiger charge is -2.05. The number of rotatable bonds is 7. The lowest BCUT2D eigenvalue weighted by molar-refractivity contribution is 0.195. The Kier molecular flexibility index (Phi) is 5.66. The van der Waals surface area contributed by atoms with Gasteiger partial charge in [0.15, 0.2) is 0 Å². The van der Waals surface area contributed by atoms with Gasteiger partial charge in [-0.05, 0) is 24.6 Å². The van der Waals surface area contributed by atoms with Crippen molar-refractivity contribution < 1.29 is 4.74 Å². The van der Waals surface area contributed by atoms with Crippen molar-refractivity contribution in [3.8, 4) is 0 Å². The zero-order chi connectivity index (χ0) is 15.1. The minimum absolute atomic E-state index is 0.430. The summed E-state index contributed by atoms with van der Waals surface area (Å²) in [5.41, 5.74) is 3.06. The van der Waals surface area contributed by atoms with Gasteiger partial charge in [-0.25, -0.2) is 4.98 Å². The van der Waals surface area contributed by atoms with Crippen LogP contribution in [-0.2, 0) is 4.74 Å². The van der Waals surface area contributed by atoms with Gasteiger partial charge in [-0.2, -0.15) is 0 Å². The summed E-state index contributed by atoms with van der Waals surface area (Å²) in [6.07, 6.45) is 5.73. The first-order valence-electron chi connectivity index (χ1n) is 6.60. The van der Waals surface area contributed by atoms with E-state index in [1.54, 1.807) is 25.6 Å². The van der Waals surface area contributed by atoms with E-state index in [9.17, 15) is 0 Å². The number of methoxy groups -OCH3 is 1. The standard InChI is InChI=1S/C15H17ClN4O/c1-21-6-2-5-18-9-12(8-17)11-7-14-13(19-10-11)3-4-15(16)20-14/h3-4,7-10,17-18H,2,5-6H2,1H3/b12-9+,17-8?. The number of ether oxygens (including phenoxy) is 1. The summed E-state index contributed by atoms with van der Waals surface area (Å²) < 4.78 is 4.98. The Morgan fingerprint density at radius 3 is 3.05 bits per heavy atom. The first-order valence-corrected chi connectivity index (χ1v) is 6.98. The summed E-state index contributed by atoms with van der Waals surface area (Å²) in [4.78, 5) is 8.57. The molecule has 6 heteroatoms. The first-order chi connectivity index (χ1) is 10.2. The fraction of sp³-hybridized carbons (Fsp3) is 0.267. The van der Waals surface area contributed by atoms with Crippen LogP contribution in [0.1, 0.15) is 12.0 Å². The Balaban J connectivity index is 2.17. The van der Waals surface area contributed by atoms with Gasteiger partial charge < -0.3 is 15.5 Å². The van der Waals surface area contributed by atoms with Crippen molar-refractivity contribution >= 4 is 34.4 Å². The van der Waals surface area contributed by atoms with Crippen LogP contribution in [0.5, 0.6) is 0 Å². The molecule has 5 nitrogen and oxygen atoms in total. The average Bonchev–Trinajstić information content (AvgIpc) is 2.50. The predicted octanol–water partition coefficient (Wildman–Crippen LogP) is 2.90. The van der Waals surface area contributed by atoms with E-state index in [1.165, 1.54) is 6.21 Å². The molecule has 21 heavy (non-hydrogen) atoms. The average molecular weight is 305 g/mol. The van der Waals surface area contributed by atoms with Crippen molar-refractivity contribution in [2.24, 2.45) is 0 Å². The van der Waals surface area contributed by atoms with Gasteiger partial charge in [0.2, 0.25) is 0 Å². The van der Waals surface area contributed by atoms with Gasteiger partial charge in [-0.3, -0.25) is 4.98 Å². The molecule has 2 aromatic rings. The maximum Gasteiger partial charge on any atom is 0.129 e. The van der Waals surface area contributed by atoms with E-state index in [1.807, 2.05) is 12.1 Å². The van der Waals surface area contributed by atoms with Crippen LogP contribution in [0, 0.1) is 5.41 Å². The SMILES string of the molecule is COCCCN/C=C(\C=N)c1cnc2ccc(Cl)nc2c1. The van der Waals surface area contributed by atoms with Gasteiger partial charge in [0.1, 0.15) is 5.15 Å². The quantitative estimate of drug-likeness (QED) is 0.469. The predicted molar refractivity (Wildman–Crippen MR) is 85.8 cm³/mol. The number of fused-ring (bicyclic) bond motifs is 1. The highest BCUT2D eigenvalue weighted by Crippen LogP contribution is 2.18. The number of aromatic nitrogens is 2. The summed E-state index contributed by atoms with van der Waals surface area (Å²) in [7, 11) is 1.68. The fourth-order valence-electron chi connectivity index (χ4n) is 1.85. The molecule has 110 valence electrons. The highest BCUT2D eigenvalue weighted by Gasteiger charge is 2.03. The maximum atomic E-state index is 7.53. The van der Waals surface area contributed by atoms with Crippen LogP contribution in [0.3, 0.4) is 0 Å². The normalized spacial score (nSPS) is 11.6. The van der Waals surface area contributed by atoms with Crippen LogP contribution in [-0.4, -0.2) is 36.4 Å². The molecule has 0 spiro atoms. The summed E-state index contributed by atoms with van der Waals surface area (Å²) in [5.74, 6) is 0. The fourth-order valence-corrected chi connectivity index (χ4v) is 2.00. The number of hydrogen-bond acceptors (Lipinski definition) is 5. The molecular formula is C15H17ClN4O. The third-order valence-electron chi connectivity index (χ3n) is 2.92. The van der Waals surface area contributed by atoms with Crippen molar-refractivity contribution in [2.45, 2.75) is 6.42 Å². The second-order valence-electron chi connectivity index (χ2n) is 4.44. The van der Waals surface area contributed by atoms with Gasteiger partial charge in [0.05, 0.1) is 11.0 Å². The molecule has 0 radical (unpaired) electrons. The third-order valence-corrected chi connectivity index (χ3v) is 3.13. The number of hydrogen-bond donors (Lipinski definition) is 2. The molecule has 0 bridgehead atoms. The Labute approximate surface area is 128 Å². The Hall–Kier alpha value is -1.98. The number of allylic oxidation sites excluding steroid dienone is 1. The largest absolute Gasteiger partial charge is 0.390 e. The van der Waals surface area contributed by atoms with Crippen molar-refractivity contribution in [2.75, 3.05) is 20.3 Å². The molecule has 2 N–H and O–H groups in total. The Morgan fingerprint density at radius 2 is 2.29 bits per heavy atom. The molecule has 0 aliphatic carbocycles. The van der Waals surface area contributed by atoms with Gasteiger partial charge in [-0.1, -0.05) is 11.6 Å². The van der Waals surface area contributed by atoms with E-state index >= 15 is 0 Å². The van der Waals surface area contributed by atoms with Crippen molar-refractivity contribution in [1.29, 1.82) is 5.41 Å². The zero-order valence-electron chi connectivity index (χ0n) is 11.8. The first kappa shape index (κ1) is 15.4. The highest BCUT2D eigenvalue weighted by molar-refractivity contribution is 6.29. The van der Waals surface area contributed by atoms with E-state index in [2.05, 4.69) is 15.3 Å². The highest BCUT2D eigenvalue weighted by atomic mass is 35.5. The molecule has 2 rings (SSSR count). The number of nitrogens with zero attached hydrogens (tertiary/aromatic N) is 2. The molecular weight excluding hydrogens is 288 g/mol. The molecule has 0 atom stereocenters. The van der Waals surface area contributed by atoms with Crippen LogP contribution < -0.4 is 5.32 Å². The smallest absolute Gasteiger partial charge is 0.129 e. The summed E-state index contributed by atoms with van der Waals surface area (Å²) >= 11 is 5.89. The van der Waals surface area contributed by atoms with E-state index in [-0.39, 0.29) is 0 Å². The van der Waals surface area contributed by atoms with Gasteiger partial charge >= 0.3 is 0 Å². The Morgan fingerprint density at radius 1 is 1.43 bits per heavy atom. The Bertz CT molecular complexity index is 657. The van der Waals surface area contributed by atoms with Crippen molar-refractivity contribution in [3.63, 3.8) is 0 Å². The minimum Gasteiger partial charge on any atom is -0.390 e. The molecule has 2 heterocycles. The molecule has 0 fully saturated rings. The zero-order valence-corrected chi connectivity index (χ0v) is 12.5. The molecule has 0 saturated heterocycles. The molecule has 0 aliphatic rings. The second-order valence-corrected chi connectivity index (χ2v) is 4.83. The van der Waals surface area contributed by atoms with E-state index in [0.29, 0.717) is 17.3 Å². The summed E-state index contributed by atoms with van der Waals surface area (Å²) in [5, 5.41) is 11.1. The molecule has 0 amide bonds. The number of halogens is 1. The van der Waals surface area contributed by atoms with Crippen molar-refractivity contribution in [1.82, 2.24) is 15.3 Å². The van der Waals surface area contributed by atoms with Gasteiger partial charge in [0, 0.05) is 50.0 Å². The minimum atomic E-state index is 0.430. The monoisotopic (exact) mass is 304 g/mol. The molecule has 0 saturated carbocycles. The topological polar surface area (TPSA) is 70.9 Å². The van der Waals surface area contributed by atoms with Crippen LogP contribution in [0.4, 0.5) is 0 Å². The van der Waals surface area contributed by atoms with Crippen LogP contribution in [0.25, 0.3) is 16.6 Å². The van der Waals surface area contributed by atoms with Crippen LogP contribution in [0.2, 0.25) is 5.15 Å². The molecule has 0 unspecified atom stereocenters. The third kappa shape index (κ3) is 4.24. The number of nitrogens with one attached hydrogen (secondary N) is 2. The molecule has 2 aromatic heterocycles. The van der Waals surface area contributed by atoms with Crippen LogP contribution >= 0.6 is 11.6 Å².